The third-order valence-electron chi connectivity index (χ3n) is 5.30. The second-order valence-electron chi connectivity index (χ2n) is 8.05. The number of methoxy groups -OCH3 is 2. The van der Waals surface area contributed by atoms with Crippen LogP contribution >= 0.6 is 0 Å². The van der Waals surface area contributed by atoms with Gasteiger partial charge in [0.25, 0.3) is 0 Å². The molecule has 3 N–H and O–H groups in total. The van der Waals surface area contributed by atoms with Gasteiger partial charge in [0.15, 0.2) is 0 Å². The lowest BCUT2D eigenvalue weighted by Crippen LogP contribution is -2.37. The van der Waals surface area contributed by atoms with Crippen molar-refractivity contribution in [1.29, 1.82) is 0 Å². The zero-order chi connectivity index (χ0) is 26.0. The number of rotatable bonds is 8. The molecule has 12 heteroatoms. The van der Waals surface area contributed by atoms with Gasteiger partial charge in [-0.1, -0.05) is 37.5 Å². The number of alkyl carbamates (subject to hydrolysis) is 1. The van der Waals surface area contributed by atoms with Crippen LogP contribution in [-0.4, -0.2) is 53.2 Å². The third-order valence-corrected chi connectivity index (χ3v) is 6.59. The number of anilines is 2. The molecular weight excluding hydrogens is 488 g/mol. The highest BCUT2D eigenvalue weighted by Gasteiger charge is 2.24. The molecule has 2 aromatic rings. The van der Waals surface area contributed by atoms with E-state index in [0.717, 1.165) is 32.1 Å². The molecule has 2 amide bonds. The molecule has 0 atom stereocenters. The van der Waals surface area contributed by atoms with E-state index in [-0.39, 0.29) is 34.9 Å². The van der Waals surface area contributed by atoms with Crippen molar-refractivity contribution in [2.75, 3.05) is 31.5 Å². The number of hydrogen-bond donors (Lipinski definition) is 3. The number of para-hydroxylation sites is 1. The number of ether oxygens (including phenoxy) is 2. The molecule has 1 aliphatic carbocycles. The minimum Gasteiger partial charge on any atom is -0.453 e. The normalized spacial score (nSPS) is 14.6. The molecule has 1 aliphatic rings. The van der Waals surface area contributed by atoms with E-state index >= 15 is 0 Å². The van der Waals surface area contributed by atoms with Gasteiger partial charge in [-0.25, -0.2) is 9.79 Å². The summed E-state index contributed by atoms with van der Waals surface area (Å²) in [6.07, 6.45) is 4.24. The highest BCUT2D eigenvalue weighted by Crippen LogP contribution is 2.29. The lowest BCUT2D eigenvalue weighted by atomic mass is 9.96. The van der Waals surface area contributed by atoms with Crippen molar-refractivity contribution in [3.8, 4) is 5.75 Å². The lowest BCUT2D eigenvalue weighted by molar-refractivity contribution is -0.119. The first kappa shape index (κ1) is 27.0. The number of carbonyl (C=O) groups is 2. The van der Waals surface area contributed by atoms with Crippen molar-refractivity contribution in [2.45, 2.75) is 43.0 Å². The van der Waals surface area contributed by atoms with Crippen LogP contribution in [0.25, 0.3) is 0 Å². The van der Waals surface area contributed by atoms with Crippen LogP contribution in [0.2, 0.25) is 0 Å². The second-order valence-corrected chi connectivity index (χ2v) is 9.57. The van der Waals surface area contributed by atoms with Crippen LogP contribution in [0.5, 0.6) is 5.75 Å². The number of benzene rings is 2. The highest BCUT2D eigenvalue weighted by atomic mass is 32.2. The summed E-state index contributed by atoms with van der Waals surface area (Å²) in [6.45, 7) is -0.264. The van der Waals surface area contributed by atoms with Crippen LogP contribution in [0.4, 0.5) is 16.2 Å². The first-order chi connectivity index (χ1) is 17.3. The maximum atomic E-state index is 13.2. The number of nitrogens with one attached hydrogen (secondary N) is 3. The number of hydrogen-bond acceptors (Lipinski definition) is 8. The summed E-state index contributed by atoms with van der Waals surface area (Å²) in [5.41, 5.74) is 0.297. The molecule has 1 fully saturated rings. The van der Waals surface area contributed by atoms with Gasteiger partial charge in [0, 0.05) is 12.8 Å². The minimum atomic E-state index is -4.37. The number of amides is 2. The molecule has 1 saturated carbocycles. The summed E-state index contributed by atoms with van der Waals surface area (Å²) in [5.74, 6) is -0.310. The van der Waals surface area contributed by atoms with Gasteiger partial charge in [-0.05, 0) is 43.2 Å². The maximum absolute atomic E-state index is 13.2. The van der Waals surface area contributed by atoms with Gasteiger partial charge >= 0.3 is 16.2 Å². The minimum absolute atomic E-state index is 0.00484. The third kappa shape index (κ3) is 7.95. The molecule has 0 spiro atoms. The van der Waals surface area contributed by atoms with E-state index in [2.05, 4.69) is 20.9 Å². The van der Waals surface area contributed by atoms with Crippen molar-refractivity contribution < 1.29 is 31.7 Å². The average molecular weight is 519 g/mol. The van der Waals surface area contributed by atoms with Gasteiger partial charge in [-0.15, -0.1) is 0 Å². The van der Waals surface area contributed by atoms with E-state index in [1.54, 1.807) is 24.3 Å². The summed E-state index contributed by atoms with van der Waals surface area (Å²) >= 11 is 0. The Labute approximate surface area is 210 Å². The number of guanidine groups is 1. The van der Waals surface area contributed by atoms with Gasteiger partial charge in [0.1, 0.15) is 17.3 Å². The molecule has 0 saturated heterocycles. The SMILES string of the molecule is COCC(=O)Nc1ccc(NC(=NC2CCCCC2)NC(=O)OC)cc1S(=O)(=O)Oc1ccccc1. The second kappa shape index (κ2) is 12.9. The van der Waals surface area contributed by atoms with Crippen molar-refractivity contribution >= 4 is 39.5 Å². The van der Waals surface area contributed by atoms with E-state index < -0.39 is 22.1 Å². The Morgan fingerprint density at radius 3 is 2.39 bits per heavy atom. The van der Waals surface area contributed by atoms with Crippen LogP contribution in [0, 0.1) is 0 Å². The van der Waals surface area contributed by atoms with Crippen LogP contribution in [0.1, 0.15) is 32.1 Å². The van der Waals surface area contributed by atoms with E-state index in [1.807, 2.05) is 0 Å². The fourth-order valence-electron chi connectivity index (χ4n) is 3.65. The molecule has 0 aromatic heterocycles. The van der Waals surface area contributed by atoms with Crippen LogP contribution < -0.4 is 20.1 Å². The van der Waals surface area contributed by atoms with Gasteiger partial charge in [-0.2, -0.15) is 8.42 Å². The van der Waals surface area contributed by atoms with Gasteiger partial charge < -0.3 is 24.3 Å². The molecular formula is C24H30N4O7S. The van der Waals surface area contributed by atoms with Crippen molar-refractivity contribution in [1.82, 2.24) is 5.32 Å². The summed E-state index contributed by atoms with van der Waals surface area (Å²) in [6, 6.07) is 12.2. The van der Waals surface area contributed by atoms with E-state index in [9.17, 15) is 18.0 Å². The highest BCUT2D eigenvalue weighted by molar-refractivity contribution is 7.87. The molecule has 11 nitrogen and oxygen atoms in total. The predicted octanol–water partition coefficient (Wildman–Crippen LogP) is 3.50. The first-order valence-electron chi connectivity index (χ1n) is 11.4. The molecule has 36 heavy (non-hydrogen) atoms. The predicted molar refractivity (Wildman–Crippen MR) is 135 cm³/mol. The molecule has 0 bridgehead atoms. The Morgan fingerprint density at radius 1 is 1.00 bits per heavy atom. The molecule has 3 rings (SSSR count). The topological polar surface area (TPSA) is 144 Å². The Balaban J connectivity index is 1.95. The molecule has 0 unspecified atom stereocenters. The standard InChI is InChI=1S/C24H30N4O7S/c1-33-16-22(29)27-20-14-13-18(15-21(20)36(31,32)35-19-11-7-4-8-12-19)26-23(28-24(30)34-2)25-17-9-5-3-6-10-17/h4,7-8,11-15,17H,3,5-6,9-10,16H2,1-2H3,(H,27,29)(H2,25,26,28,30). The molecule has 0 radical (unpaired) electrons. The fourth-order valence-corrected chi connectivity index (χ4v) is 4.76. The number of carbonyl (C=O) groups excluding carboxylic acids is 2. The van der Waals surface area contributed by atoms with Crippen molar-refractivity contribution in [3.05, 3.63) is 48.5 Å². The van der Waals surface area contributed by atoms with E-state index in [4.69, 9.17) is 13.7 Å². The van der Waals surface area contributed by atoms with Crippen molar-refractivity contribution in [3.63, 3.8) is 0 Å². The van der Waals surface area contributed by atoms with Crippen molar-refractivity contribution in [2.24, 2.45) is 4.99 Å². The molecule has 0 aliphatic heterocycles. The van der Waals surface area contributed by atoms with E-state index in [0.29, 0.717) is 5.69 Å². The Hall–Kier alpha value is -3.64. The Kier molecular flexibility index (Phi) is 9.65. The average Bonchev–Trinajstić information content (AvgIpc) is 2.86. The first-order valence-corrected chi connectivity index (χ1v) is 12.8. The summed E-state index contributed by atoms with van der Waals surface area (Å²) < 4.78 is 41.2. The number of aliphatic imine (C=N–C) groups is 1. The summed E-state index contributed by atoms with van der Waals surface area (Å²) in [5, 5.41) is 8.01. The largest absolute Gasteiger partial charge is 0.453 e. The lowest BCUT2D eigenvalue weighted by Gasteiger charge is -2.20. The quantitative estimate of drug-likeness (QED) is 0.274. The summed E-state index contributed by atoms with van der Waals surface area (Å²) in [4.78, 5) is 28.3. The zero-order valence-corrected chi connectivity index (χ0v) is 21.0. The fraction of sp³-hybridized carbons (Fsp3) is 0.375. The monoisotopic (exact) mass is 518 g/mol. The van der Waals surface area contributed by atoms with Gasteiger partial charge in [0.2, 0.25) is 11.9 Å². The van der Waals surface area contributed by atoms with Crippen LogP contribution in [0.3, 0.4) is 0 Å². The zero-order valence-electron chi connectivity index (χ0n) is 20.2. The maximum Gasteiger partial charge on any atom is 0.413 e. The molecule has 194 valence electrons. The van der Waals surface area contributed by atoms with Crippen LogP contribution in [-0.2, 0) is 24.4 Å². The Bertz CT molecular complexity index is 1180. The van der Waals surface area contributed by atoms with Gasteiger partial charge in [-0.3, -0.25) is 10.1 Å². The molecule has 2 aromatic carbocycles. The Morgan fingerprint density at radius 2 is 1.72 bits per heavy atom. The van der Waals surface area contributed by atoms with Gasteiger partial charge in [0.05, 0.1) is 18.8 Å². The smallest absolute Gasteiger partial charge is 0.413 e. The van der Waals surface area contributed by atoms with Crippen LogP contribution in [0.15, 0.2) is 58.4 Å². The molecule has 0 heterocycles. The summed E-state index contributed by atoms with van der Waals surface area (Å²) in [7, 11) is -1.78. The van der Waals surface area contributed by atoms with E-state index in [1.165, 1.54) is 38.5 Å². The number of nitrogens with zero attached hydrogens (tertiary/aromatic N) is 1.